The van der Waals surface area contributed by atoms with Crippen molar-refractivity contribution in [1.29, 1.82) is 0 Å². The number of aromatic nitrogens is 4. The number of hydrogen-bond donors (Lipinski definition) is 3. The molecule has 0 aromatic carbocycles. The van der Waals surface area contributed by atoms with Gasteiger partial charge in [-0.15, -0.1) is 0 Å². The molecule has 1 aliphatic carbocycles. The van der Waals surface area contributed by atoms with Crippen molar-refractivity contribution in [1.82, 2.24) is 19.5 Å². The number of hydrogen-bond acceptors (Lipinski definition) is 3. The van der Waals surface area contributed by atoms with E-state index in [1.807, 2.05) is 0 Å². The van der Waals surface area contributed by atoms with Crippen LogP contribution in [0, 0.1) is 4.77 Å². The Kier molecular flexibility index (Phi) is 2.70. The lowest BCUT2D eigenvalue weighted by molar-refractivity contribution is 0.349. The van der Waals surface area contributed by atoms with Crippen LogP contribution in [0.2, 0.25) is 0 Å². The maximum Gasteiger partial charge on any atom is 0.330 e. The molecule has 0 saturated heterocycles. The van der Waals surface area contributed by atoms with E-state index in [2.05, 4.69) is 15.0 Å². The monoisotopic (exact) mass is 266 g/mol. The Hall–Kier alpha value is -1.63. The summed E-state index contributed by atoms with van der Waals surface area (Å²) in [5.74, 6) is 0. The van der Waals surface area contributed by atoms with Crippen molar-refractivity contribution in [2.45, 2.75) is 38.1 Å². The molecule has 7 heteroatoms. The first kappa shape index (κ1) is 11.5. The Morgan fingerprint density at radius 2 is 1.78 bits per heavy atom. The molecule has 0 atom stereocenters. The quantitative estimate of drug-likeness (QED) is 0.685. The largest absolute Gasteiger partial charge is 0.330 e. The SMILES string of the molecule is O=c1[nH]c(=O)n(C2CCCCC2)c2[nH]c(=S)[nH]c12. The Bertz CT molecular complexity index is 745. The zero-order valence-corrected chi connectivity index (χ0v) is 10.6. The molecule has 0 amide bonds. The first-order chi connectivity index (χ1) is 8.66. The van der Waals surface area contributed by atoms with Gasteiger partial charge < -0.3 is 9.97 Å². The van der Waals surface area contributed by atoms with E-state index in [1.54, 1.807) is 4.57 Å². The summed E-state index contributed by atoms with van der Waals surface area (Å²) >= 11 is 5.00. The van der Waals surface area contributed by atoms with Crippen LogP contribution in [-0.4, -0.2) is 19.5 Å². The van der Waals surface area contributed by atoms with Crippen LogP contribution in [0.1, 0.15) is 38.1 Å². The average molecular weight is 266 g/mol. The van der Waals surface area contributed by atoms with Crippen LogP contribution < -0.4 is 11.2 Å². The number of rotatable bonds is 1. The van der Waals surface area contributed by atoms with Gasteiger partial charge in [-0.1, -0.05) is 19.3 Å². The Labute approximate surface area is 107 Å². The van der Waals surface area contributed by atoms with Crippen molar-refractivity contribution in [2.24, 2.45) is 0 Å². The number of imidazole rings is 1. The fourth-order valence-corrected chi connectivity index (χ4v) is 2.93. The van der Waals surface area contributed by atoms with Gasteiger partial charge in [0.05, 0.1) is 0 Å². The van der Waals surface area contributed by atoms with Gasteiger partial charge in [-0.25, -0.2) is 4.79 Å². The molecule has 3 rings (SSSR count). The summed E-state index contributed by atoms with van der Waals surface area (Å²) in [5.41, 5.74) is 0.0879. The number of H-pyrrole nitrogens is 3. The predicted octanol–water partition coefficient (Wildman–Crippen LogP) is 1.58. The van der Waals surface area contributed by atoms with E-state index in [0.29, 0.717) is 15.9 Å². The van der Waals surface area contributed by atoms with E-state index < -0.39 is 5.56 Å². The summed E-state index contributed by atoms with van der Waals surface area (Å²) < 4.78 is 2.01. The normalized spacial score (nSPS) is 17.3. The van der Waals surface area contributed by atoms with Gasteiger partial charge in [0.25, 0.3) is 5.56 Å². The number of fused-ring (bicyclic) bond motifs is 1. The van der Waals surface area contributed by atoms with Gasteiger partial charge in [-0.05, 0) is 25.1 Å². The van der Waals surface area contributed by atoms with Gasteiger partial charge in [0.2, 0.25) is 0 Å². The minimum absolute atomic E-state index is 0.145. The molecule has 0 radical (unpaired) electrons. The highest BCUT2D eigenvalue weighted by Gasteiger charge is 2.20. The van der Waals surface area contributed by atoms with Gasteiger partial charge in [-0.3, -0.25) is 14.3 Å². The lowest BCUT2D eigenvalue weighted by Gasteiger charge is -2.23. The molecule has 2 heterocycles. The zero-order chi connectivity index (χ0) is 12.7. The van der Waals surface area contributed by atoms with Crippen molar-refractivity contribution in [3.63, 3.8) is 0 Å². The number of aromatic amines is 3. The molecule has 1 aliphatic rings. The van der Waals surface area contributed by atoms with Gasteiger partial charge in [-0.2, -0.15) is 0 Å². The Balaban J connectivity index is 2.30. The van der Waals surface area contributed by atoms with Gasteiger partial charge >= 0.3 is 5.69 Å². The Morgan fingerprint density at radius 1 is 1.06 bits per heavy atom. The third-order valence-corrected chi connectivity index (χ3v) is 3.76. The summed E-state index contributed by atoms with van der Waals surface area (Å²) in [4.78, 5) is 31.7. The average Bonchev–Trinajstić information content (AvgIpc) is 2.72. The first-order valence-electron chi connectivity index (χ1n) is 6.13. The molecule has 2 aromatic heterocycles. The molecule has 18 heavy (non-hydrogen) atoms. The first-order valence-corrected chi connectivity index (χ1v) is 6.54. The minimum atomic E-state index is -0.422. The number of nitrogens with one attached hydrogen (secondary N) is 3. The second-order valence-electron chi connectivity index (χ2n) is 4.72. The summed E-state index contributed by atoms with van der Waals surface area (Å²) in [6.07, 6.45) is 5.37. The Morgan fingerprint density at radius 3 is 2.50 bits per heavy atom. The molecule has 96 valence electrons. The van der Waals surface area contributed by atoms with E-state index in [1.165, 1.54) is 6.42 Å². The fraction of sp³-hybridized carbons (Fsp3) is 0.545. The summed E-state index contributed by atoms with van der Waals surface area (Å²) in [7, 11) is 0. The summed E-state index contributed by atoms with van der Waals surface area (Å²) in [5, 5.41) is 0. The standard InChI is InChI=1S/C11H14N4O2S/c16-9-7-8(13-10(18)12-7)15(11(17)14-9)6-4-2-1-3-5-6/h6H,1-5H2,(H2,12,13,18)(H,14,16,17). The van der Waals surface area contributed by atoms with E-state index in [0.717, 1.165) is 25.7 Å². The molecular weight excluding hydrogens is 252 g/mol. The highest BCUT2D eigenvalue weighted by atomic mass is 32.1. The van der Waals surface area contributed by atoms with Crippen LogP contribution in [-0.2, 0) is 0 Å². The molecule has 0 bridgehead atoms. The minimum Gasteiger partial charge on any atom is -0.325 e. The van der Waals surface area contributed by atoms with E-state index in [4.69, 9.17) is 12.2 Å². The second-order valence-corrected chi connectivity index (χ2v) is 5.13. The third kappa shape index (κ3) is 1.74. The highest BCUT2D eigenvalue weighted by molar-refractivity contribution is 7.71. The zero-order valence-electron chi connectivity index (χ0n) is 9.78. The molecule has 0 unspecified atom stereocenters. The maximum absolute atomic E-state index is 12.0. The van der Waals surface area contributed by atoms with Crippen LogP contribution in [0.25, 0.3) is 11.2 Å². The second kappa shape index (κ2) is 4.24. The predicted molar refractivity (Wildman–Crippen MR) is 70.5 cm³/mol. The lowest BCUT2D eigenvalue weighted by Crippen LogP contribution is -2.33. The van der Waals surface area contributed by atoms with E-state index in [-0.39, 0.29) is 11.7 Å². The highest BCUT2D eigenvalue weighted by Crippen LogP contribution is 2.28. The summed E-state index contributed by atoms with van der Waals surface area (Å²) in [6, 6.07) is 0.145. The van der Waals surface area contributed by atoms with Gasteiger partial charge in [0.1, 0.15) is 11.2 Å². The van der Waals surface area contributed by atoms with Crippen LogP contribution in [0.5, 0.6) is 0 Å². The van der Waals surface area contributed by atoms with Crippen molar-refractivity contribution < 1.29 is 0 Å². The molecule has 0 spiro atoms. The third-order valence-electron chi connectivity index (χ3n) is 3.55. The van der Waals surface area contributed by atoms with Crippen molar-refractivity contribution in [2.75, 3.05) is 0 Å². The fourth-order valence-electron chi connectivity index (χ4n) is 2.73. The van der Waals surface area contributed by atoms with Crippen LogP contribution in [0.15, 0.2) is 9.59 Å². The van der Waals surface area contributed by atoms with Crippen LogP contribution in [0.3, 0.4) is 0 Å². The lowest BCUT2D eigenvalue weighted by atomic mass is 9.95. The van der Waals surface area contributed by atoms with E-state index >= 15 is 0 Å². The van der Waals surface area contributed by atoms with Gasteiger partial charge in [0.15, 0.2) is 4.77 Å². The van der Waals surface area contributed by atoms with Crippen molar-refractivity contribution in [3.05, 3.63) is 25.6 Å². The number of nitrogens with zero attached hydrogens (tertiary/aromatic N) is 1. The molecular formula is C11H14N4O2S. The van der Waals surface area contributed by atoms with Crippen LogP contribution in [0.4, 0.5) is 0 Å². The maximum atomic E-state index is 12.0. The molecule has 6 nitrogen and oxygen atoms in total. The van der Waals surface area contributed by atoms with Gasteiger partial charge in [0, 0.05) is 6.04 Å². The molecule has 1 saturated carbocycles. The topological polar surface area (TPSA) is 86.4 Å². The smallest absolute Gasteiger partial charge is 0.325 e. The molecule has 1 fully saturated rings. The van der Waals surface area contributed by atoms with E-state index in [9.17, 15) is 9.59 Å². The van der Waals surface area contributed by atoms with Crippen molar-refractivity contribution in [3.8, 4) is 0 Å². The molecule has 3 N–H and O–H groups in total. The summed E-state index contributed by atoms with van der Waals surface area (Å²) in [6.45, 7) is 0. The molecule has 2 aromatic rings. The van der Waals surface area contributed by atoms with Crippen LogP contribution >= 0.6 is 12.2 Å². The van der Waals surface area contributed by atoms with Crippen molar-refractivity contribution >= 4 is 23.4 Å². The molecule has 0 aliphatic heterocycles.